The first-order chi connectivity index (χ1) is 16.2. The van der Waals surface area contributed by atoms with Gasteiger partial charge in [0.05, 0.1) is 23.1 Å². The average Bonchev–Trinajstić information content (AvgIpc) is 3.55. The Morgan fingerprint density at radius 1 is 1.06 bits per heavy atom. The minimum absolute atomic E-state index is 0.321. The van der Waals surface area contributed by atoms with Crippen molar-refractivity contribution in [2.24, 2.45) is 5.73 Å². The third-order valence-electron chi connectivity index (χ3n) is 5.14. The maximum atomic E-state index is 7.28. The minimum atomic E-state index is 0.321. The summed E-state index contributed by atoms with van der Waals surface area (Å²) in [5, 5.41) is 1.05. The molecule has 170 valence electrons. The summed E-state index contributed by atoms with van der Waals surface area (Å²) in [6.07, 6.45) is 4.18. The summed E-state index contributed by atoms with van der Waals surface area (Å²) in [6.45, 7) is 12.9. The molecule has 2 aromatic heterocycles. The van der Waals surface area contributed by atoms with Crippen LogP contribution in [0.2, 0.25) is 5.02 Å². The third-order valence-corrected chi connectivity index (χ3v) is 5.53. The van der Waals surface area contributed by atoms with Crippen molar-refractivity contribution < 1.29 is 9.15 Å². The zero-order chi connectivity index (χ0) is 23.6. The molecule has 1 atom stereocenters. The van der Waals surface area contributed by atoms with Gasteiger partial charge in [0.2, 0.25) is 11.4 Å². The van der Waals surface area contributed by atoms with Crippen molar-refractivity contribution in [1.82, 2.24) is 4.98 Å². The Bertz CT molecular complexity index is 1190. The maximum absolute atomic E-state index is 7.28. The van der Waals surface area contributed by atoms with Gasteiger partial charge in [-0.15, -0.1) is 0 Å². The lowest BCUT2D eigenvalue weighted by atomic mass is 9.99. The van der Waals surface area contributed by atoms with Crippen LogP contribution < -0.4 is 5.73 Å². The van der Waals surface area contributed by atoms with Crippen molar-refractivity contribution >= 4 is 28.4 Å². The van der Waals surface area contributed by atoms with E-state index in [1.54, 1.807) is 0 Å². The number of nitrogens with two attached hydrogens (primary N) is 1. The average molecular weight is 462 g/mol. The van der Waals surface area contributed by atoms with Crippen molar-refractivity contribution in [3.63, 3.8) is 0 Å². The molecular formula is C27H28ClN3O2. The van der Waals surface area contributed by atoms with Gasteiger partial charge in [-0.2, -0.15) is 0 Å². The van der Waals surface area contributed by atoms with Crippen molar-refractivity contribution in [2.75, 3.05) is 13.2 Å². The van der Waals surface area contributed by atoms with Crippen molar-refractivity contribution in [3.05, 3.63) is 83.3 Å². The van der Waals surface area contributed by atoms with Crippen LogP contribution in [-0.4, -0.2) is 24.2 Å². The summed E-state index contributed by atoms with van der Waals surface area (Å²) in [7, 11) is 0. The Hall–Kier alpha value is -3.17. The zero-order valence-electron chi connectivity index (χ0n) is 18.9. The van der Waals surface area contributed by atoms with Gasteiger partial charge < -0.3 is 14.9 Å². The smallest absolute Gasteiger partial charge is 0.226 e. The van der Waals surface area contributed by atoms with E-state index in [1.165, 1.54) is 12.6 Å². The number of halogens is 1. The molecule has 2 aromatic carbocycles. The largest absolute Gasteiger partial charge is 0.437 e. The number of hydrogen-bond acceptors (Lipinski definition) is 4. The maximum Gasteiger partial charge on any atom is 0.226 e. The molecule has 1 fully saturated rings. The molecule has 1 aliphatic heterocycles. The lowest BCUT2D eigenvalue weighted by Gasteiger charge is -2.04. The monoisotopic (exact) mass is 461 g/mol. The Balaban J connectivity index is 0.000000289. The summed E-state index contributed by atoms with van der Waals surface area (Å²) in [5.74, 6) is 0.702. The predicted molar refractivity (Wildman–Crippen MR) is 136 cm³/mol. The Morgan fingerprint density at radius 2 is 1.70 bits per heavy atom. The molecular weight excluding hydrogens is 434 g/mol. The summed E-state index contributed by atoms with van der Waals surface area (Å²) >= 11 is 6.48. The van der Waals surface area contributed by atoms with Crippen LogP contribution in [0.5, 0.6) is 0 Å². The highest BCUT2D eigenvalue weighted by atomic mass is 35.5. The van der Waals surface area contributed by atoms with Crippen LogP contribution in [0.25, 0.3) is 38.4 Å². The lowest BCUT2D eigenvalue weighted by molar-refractivity contribution is 0.117. The molecule has 2 N–H and O–H groups in total. The predicted octanol–water partition coefficient (Wildman–Crippen LogP) is 7.52. The van der Waals surface area contributed by atoms with E-state index in [0.29, 0.717) is 40.2 Å². The number of hydrogen-bond donors (Lipinski definition) is 1. The molecule has 5 nitrogen and oxygen atoms in total. The fourth-order valence-corrected chi connectivity index (χ4v) is 3.87. The van der Waals surface area contributed by atoms with E-state index in [2.05, 4.69) is 9.83 Å². The molecule has 1 saturated heterocycles. The minimum Gasteiger partial charge on any atom is -0.437 e. The van der Waals surface area contributed by atoms with Crippen molar-refractivity contribution in [1.29, 1.82) is 0 Å². The molecule has 0 saturated carbocycles. The van der Waals surface area contributed by atoms with E-state index in [0.717, 1.165) is 29.7 Å². The Kier molecular flexibility index (Phi) is 9.03. The van der Waals surface area contributed by atoms with E-state index < -0.39 is 0 Å². The van der Waals surface area contributed by atoms with Crippen LogP contribution in [-0.2, 0) is 4.74 Å². The van der Waals surface area contributed by atoms with Crippen molar-refractivity contribution in [2.45, 2.75) is 32.8 Å². The third kappa shape index (κ3) is 5.61. The number of aromatic nitrogens is 1. The Labute approximate surface area is 200 Å². The quantitative estimate of drug-likeness (QED) is 0.320. The number of rotatable bonds is 3. The van der Waals surface area contributed by atoms with E-state index in [-0.39, 0.29) is 0 Å². The van der Waals surface area contributed by atoms with E-state index in [9.17, 15) is 0 Å². The standard InChI is InChI=1S/C20H11ClN2O.C5H11NO.C2H6/c1-22-15-12-23-20-17(18(15)21)16(13-8-4-2-5-9-13)19(24-20)14-10-6-3-7-11-14;6-4-5-2-1-3-7-5;1-2/h2-12H;5H,1-4,6H2;1-2H3/t;5-;/m.0./s1. The fraction of sp³-hybridized carbons (Fsp3) is 0.259. The number of benzene rings is 2. The van der Waals surface area contributed by atoms with Crippen LogP contribution in [0.3, 0.4) is 0 Å². The lowest BCUT2D eigenvalue weighted by Crippen LogP contribution is -2.17. The van der Waals surface area contributed by atoms with Gasteiger partial charge in [-0.3, -0.25) is 0 Å². The molecule has 1 aliphatic rings. The van der Waals surface area contributed by atoms with Gasteiger partial charge in [-0.25, -0.2) is 9.83 Å². The van der Waals surface area contributed by atoms with Crippen LogP contribution >= 0.6 is 11.6 Å². The van der Waals surface area contributed by atoms with Gasteiger partial charge in [0.25, 0.3) is 0 Å². The molecule has 0 amide bonds. The van der Waals surface area contributed by atoms with Crippen LogP contribution in [0.4, 0.5) is 5.69 Å². The molecule has 0 spiro atoms. The summed E-state index contributed by atoms with van der Waals surface area (Å²) in [5.41, 5.74) is 8.84. The molecule has 4 aromatic rings. The normalized spacial score (nSPS) is 14.6. The summed E-state index contributed by atoms with van der Waals surface area (Å²) in [6, 6.07) is 19.7. The molecule has 0 unspecified atom stereocenters. The van der Waals surface area contributed by atoms with Gasteiger partial charge in [-0.05, 0) is 18.4 Å². The number of ether oxygens (including phenoxy) is 1. The first kappa shape index (κ1) is 24.5. The second-order valence-corrected chi connectivity index (χ2v) is 7.54. The summed E-state index contributed by atoms with van der Waals surface area (Å²) in [4.78, 5) is 7.73. The first-order valence-corrected chi connectivity index (χ1v) is 11.5. The fourth-order valence-electron chi connectivity index (χ4n) is 3.60. The SMILES string of the molecule is CC.NC[C@@H]1CCCO1.[C-]#[N+]c1cnc2oc(-c3ccccc3)c(-c3ccccc3)c2c1Cl. The molecule has 33 heavy (non-hydrogen) atoms. The highest BCUT2D eigenvalue weighted by molar-refractivity contribution is 6.39. The molecule has 6 heteroatoms. The topological polar surface area (TPSA) is 65.6 Å². The summed E-state index contributed by atoms with van der Waals surface area (Å²) < 4.78 is 11.2. The van der Waals surface area contributed by atoms with Gasteiger partial charge >= 0.3 is 0 Å². The molecule has 0 radical (unpaired) electrons. The highest BCUT2D eigenvalue weighted by Crippen LogP contribution is 2.45. The second kappa shape index (κ2) is 12.2. The van der Waals surface area contributed by atoms with Gasteiger partial charge in [0.15, 0.2) is 0 Å². The first-order valence-electron chi connectivity index (χ1n) is 11.1. The van der Waals surface area contributed by atoms with Gasteiger partial charge in [0, 0.05) is 30.5 Å². The van der Waals surface area contributed by atoms with E-state index in [4.69, 9.17) is 33.1 Å². The molecule has 0 aliphatic carbocycles. The number of nitrogens with zero attached hydrogens (tertiary/aromatic N) is 2. The van der Waals surface area contributed by atoms with Gasteiger partial charge in [-0.1, -0.05) is 86.1 Å². The molecule has 5 rings (SSSR count). The Morgan fingerprint density at radius 3 is 2.21 bits per heavy atom. The van der Waals surface area contributed by atoms with E-state index in [1.807, 2.05) is 74.5 Å². The van der Waals surface area contributed by atoms with Crippen LogP contribution in [0, 0.1) is 6.57 Å². The van der Waals surface area contributed by atoms with Crippen LogP contribution in [0.1, 0.15) is 26.7 Å². The van der Waals surface area contributed by atoms with Gasteiger partial charge in [0.1, 0.15) is 5.76 Å². The number of fused-ring (bicyclic) bond motifs is 1. The van der Waals surface area contributed by atoms with Crippen LogP contribution in [0.15, 0.2) is 71.3 Å². The molecule has 0 bridgehead atoms. The van der Waals surface area contributed by atoms with Crippen molar-refractivity contribution in [3.8, 4) is 22.5 Å². The number of pyridine rings is 1. The molecule has 3 heterocycles. The highest BCUT2D eigenvalue weighted by Gasteiger charge is 2.22. The second-order valence-electron chi connectivity index (χ2n) is 7.16. The van der Waals surface area contributed by atoms with E-state index >= 15 is 0 Å². The zero-order valence-corrected chi connectivity index (χ0v) is 19.7. The number of furan rings is 1.